The highest BCUT2D eigenvalue weighted by molar-refractivity contribution is 6.01. The zero-order valence-electron chi connectivity index (χ0n) is 23.9. The Morgan fingerprint density at radius 2 is 1.98 bits per heavy atom. The Morgan fingerprint density at radius 3 is 2.65 bits per heavy atom. The number of fused-ring (bicyclic) bond motifs is 6. The molecule has 0 radical (unpaired) electrons. The van der Waals surface area contributed by atoms with Crippen LogP contribution in [0.5, 0.6) is 5.75 Å². The number of carbonyl (C=O) groups is 4. The fraction of sp³-hybridized carbons (Fsp3) is 0.655. The van der Waals surface area contributed by atoms with Gasteiger partial charge < -0.3 is 25.2 Å². The van der Waals surface area contributed by atoms with Gasteiger partial charge in [0.05, 0.1) is 12.6 Å². The number of anilines is 1. The van der Waals surface area contributed by atoms with E-state index in [1.807, 2.05) is 0 Å². The predicted molar refractivity (Wildman–Crippen MR) is 143 cm³/mol. The molecule has 2 bridgehead atoms. The van der Waals surface area contributed by atoms with Crippen LogP contribution >= 0.6 is 0 Å². The van der Waals surface area contributed by atoms with Crippen LogP contribution < -0.4 is 15.4 Å². The number of nitriles is 1. The number of nitrogens with zero attached hydrogens (tertiary/aromatic N) is 4. The van der Waals surface area contributed by atoms with Crippen LogP contribution in [0.15, 0.2) is 18.3 Å². The molecule has 3 aliphatic heterocycles. The summed E-state index contributed by atoms with van der Waals surface area (Å²) in [4.78, 5) is 60.5. The maximum Gasteiger partial charge on any atom is 0.315 e. The minimum absolute atomic E-state index is 0.0602. The molecule has 230 valence electrons. The largest absolute Gasteiger partial charge is 0.472 e. The summed E-state index contributed by atoms with van der Waals surface area (Å²) in [7, 11) is 0. The lowest BCUT2D eigenvalue weighted by Crippen LogP contribution is -2.60. The standard InChI is InChI=1S/C29H33F3N6O5/c1-28(2,3)21(35-24(39)22(31)32)26(41)37-11-16-13-7-15(17(30)8-13)19(16)20(37)25(40)38-12-29(9-14(38)10-33)27(42)36-23-18(43-29)5-4-6-34-23/h4-6,13-17,19-22H,7-9,11-12H2,1-3H3,(H,35,39)(H,34,36,42). The van der Waals surface area contributed by atoms with E-state index < -0.39 is 77.2 Å². The minimum Gasteiger partial charge on any atom is -0.472 e. The molecule has 2 saturated heterocycles. The molecule has 5 aliphatic rings. The van der Waals surface area contributed by atoms with E-state index in [9.17, 15) is 33.2 Å². The van der Waals surface area contributed by atoms with Crippen molar-refractivity contribution in [1.82, 2.24) is 20.1 Å². The quantitative estimate of drug-likeness (QED) is 0.536. The molecule has 11 nitrogen and oxygen atoms in total. The summed E-state index contributed by atoms with van der Waals surface area (Å²) in [5.74, 6) is -4.36. The Hall–Kier alpha value is -3.89. The highest BCUT2D eigenvalue weighted by Crippen LogP contribution is 2.59. The van der Waals surface area contributed by atoms with Crippen LogP contribution in [0.1, 0.15) is 40.0 Å². The summed E-state index contributed by atoms with van der Waals surface area (Å²) in [5, 5.41) is 14.9. The average Bonchev–Trinajstić information content (AvgIpc) is 3.70. The molecule has 14 heteroatoms. The topological polar surface area (TPSA) is 145 Å². The van der Waals surface area contributed by atoms with Gasteiger partial charge in [-0.1, -0.05) is 20.8 Å². The van der Waals surface area contributed by atoms with Crippen molar-refractivity contribution in [1.29, 1.82) is 5.26 Å². The van der Waals surface area contributed by atoms with Gasteiger partial charge in [0, 0.05) is 19.2 Å². The molecule has 6 rings (SSSR count). The number of carbonyl (C=O) groups excluding carboxylic acids is 4. The minimum atomic E-state index is -3.35. The molecule has 1 spiro atoms. The Balaban J connectivity index is 1.34. The van der Waals surface area contributed by atoms with Crippen molar-refractivity contribution in [2.24, 2.45) is 29.1 Å². The Kier molecular flexibility index (Phi) is 6.85. The molecule has 9 atom stereocenters. The summed E-state index contributed by atoms with van der Waals surface area (Å²) >= 11 is 0. The lowest BCUT2D eigenvalue weighted by molar-refractivity contribution is -0.150. The monoisotopic (exact) mass is 602 g/mol. The van der Waals surface area contributed by atoms with Crippen molar-refractivity contribution in [3.8, 4) is 11.8 Å². The van der Waals surface area contributed by atoms with E-state index in [1.165, 1.54) is 16.0 Å². The summed E-state index contributed by atoms with van der Waals surface area (Å²) in [6.45, 7) is 4.63. The predicted octanol–water partition coefficient (Wildman–Crippen LogP) is 1.89. The summed E-state index contributed by atoms with van der Waals surface area (Å²) in [6, 6.07) is 1.61. The normalized spacial score (nSPS) is 34.8. The number of rotatable bonds is 4. The average molecular weight is 603 g/mol. The van der Waals surface area contributed by atoms with Crippen LogP contribution in [-0.2, 0) is 19.2 Å². The Labute approximate surface area is 246 Å². The lowest BCUT2D eigenvalue weighted by Gasteiger charge is -2.39. The molecule has 9 unspecified atom stereocenters. The van der Waals surface area contributed by atoms with Gasteiger partial charge in [-0.05, 0) is 54.1 Å². The maximum absolute atomic E-state index is 15.1. The number of likely N-dealkylation sites (tertiary alicyclic amines) is 2. The second-order valence-corrected chi connectivity index (χ2v) is 13.4. The summed E-state index contributed by atoms with van der Waals surface area (Å²) < 4.78 is 47.7. The van der Waals surface area contributed by atoms with E-state index in [0.717, 1.165) is 0 Å². The first-order valence-corrected chi connectivity index (χ1v) is 14.4. The molecule has 4 heterocycles. The van der Waals surface area contributed by atoms with E-state index in [2.05, 4.69) is 21.7 Å². The molecule has 4 fully saturated rings. The van der Waals surface area contributed by atoms with Gasteiger partial charge in [0.1, 0.15) is 24.3 Å². The highest BCUT2D eigenvalue weighted by Gasteiger charge is 2.65. The van der Waals surface area contributed by atoms with Crippen molar-refractivity contribution < 1.29 is 37.1 Å². The van der Waals surface area contributed by atoms with E-state index >= 15 is 4.39 Å². The molecule has 1 aromatic rings. The second-order valence-electron chi connectivity index (χ2n) is 13.4. The molecule has 43 heavy (non-hydrogen) atoms. The molecule has 4 amide bonds. The number of halogens is 3. The van der Waals surface area contributed by atoms with E-state index in [-0.39, 0.29) is 42.9 Å². The summed E-state index contributed by atoms with van der Waals surface area (Å²) in [5.41, 5.74) is -2.59. The van der Waals surface area contributed by atoms with Gasteiger partial charge in [0.15, 0.2) is 11.6 Å². The van der Waals surface area contributed by atoms with Crippen LogP contribution in [0.3, 0.4) is 0 Å². The van der Waals surface area contributed by atoms with E-state index in [0.29, 0.717) is 12.8 Å². The molecular weight excluding hydrogens is 569 g/mol. The van der Waals surface area contributed by atoms with Crippen molar-refractivity contribution in [2.45, 2.75) is 76.4 Å². The SMILES string of the molecule is CC(C)(C)C(NC(=O)C(F)F)C(=O)N1CC2C3CC(F)C(C3)C2C1C(=O)N1CC2(CC1C#N)Oc1cccnc1NC2=O. The molecule has 1 aromatic heterocycles. The van der Waals surface area contributed by atoms with Gasteiger partial charge in [-0.2, -0.15) is 14.0 Å². The number of aromatic nitrogens is 1. The Bertz CT molecular complexity index is 1410. The molecule has 2 saturated carbocycles. The van der Waals surface area contributed by atoms with Crippen LogP contribution in [0.2, 0.25) is 0 Å². The van der Waals surface area contributed by atoms with Crippen LogP contribution in [-0.4, -0.2) is 87.8 Å². The zero-order chi connectivity index (χ0) is 31.0. The highest BCUT2D eigenvalue weighted by atomic mass is 19.3. The molecule has 2 aliphatic carbocycles. The van der Waals surface area contributed by atoms with Gasteiger partial charge in [0.2, 0.25) is 17.4 Å². The van der Waals surface area contributed by atoms with Crippen molar-refractivity contribution in [3.05, 3.63) is 18.3 Å². The fourth-order valence-corrected chi connectivity index (χ4v) is 7.94. The number of nitrogens with one attached hydrogen (secondary N) is 2. The number of hydrogen-bond acceptors (Lipinski definition) is 7. The van der Waals surface area contributed by atoms with Gasteiger partial charge in [-0.25, -0.2) is 9.37 Å². The number of pyridine rings is 1. The smallest absolute Gasteiger partial charge is 0.315 e. The second kappa shape index (κ2) is 10.1. The lowest BCUT2D eigenvalue weighted by atomic mass is 9.77. The summed E-state index contributed by atoms with van der Waals surface area (Å²) in [6.07, 6.45) is -2.30. The van der Waals surface area contributed by atoms with E-state index in [4.69, 9.17) is 4.74 Å². The number of ether oxygens (including phenoxy) is 1. The molecular formula is C29H33F3N6O5. The molecule has 0 aromatic carbocycles. The van der Waals surface area contributed by atoms with Crippen molar-refractivity contribution >= 4 is 29.4 Å². The maximum atomic E-state index is 15.1. The van der Waals surface area contributed by atoms with Crippen LogP contribution in [0, 0.1) is 40.4 Å². The van der Waals surface area contributed by atoms with Crippen molar-refractivity contribution in [2.75, 3.05) is 18.4 Å². The van der Waals surface area contributed by atoms with Crippen LogP contribution in [0.4, 0.5) is 19.0 Å². The Morgan fingerprint density at radius 1 is 1.23 bits per heavy atom. The van der Waals surface area contributed by atoms with Gasteiger partial charge in [-0.15, -0.1) is 0 Å². The first-order valence-electron chi connectivity index (χ1n) is 14.4. The van der Waals surface area contributed by atoms with Gasteiger partial charge in [-0.3, -0.25) is 19.2 Å². The third-order valence-corrected chi connectivity index (χ3v) is 9.88. The van der Waals surface area contributed by atoms with E-state index in [1.54, 1.807) is 32.9 Å². The first kappa shape index (κ1) is 29.2. The first-order chi connectivity index (χ1) is 20.3. The van der Waals surface area contributed by atoms with Crippen molar-refractivity contribution in [3.63, 3.8) is 0 Å². The number of amides is 4. The third kappa shape index (κ3) is 4.58. The number of alkyl halides is 3. The van der Waals surface area contributed by atoms with Gasteiger partial charge >= 0.3 is 6.43 Å². The number of hydrogen-bond donors (Lipinski definition) is 2. The zero-order valence-corrected chi connectivity index (χ0v) is 23.9. The fourth-order valence-electron chi connectivity index (χ4n) is 7.94. The van der Waals surface area contributed by atoms with Crippen LogP contribution in [0.25, 0.3) is 0 Å². The molecule has 2 N–H and O–H groups in total. The van der Waals surface area contributed by atoms with Gasteiger partial charge in [0.25, 0.3) is 11.8 Å². The third-order valence-electron chi connectivity index (χ3n) is 9.88.